The van der Waals surface area contributed by atoms with Gasteiger partial charge in [-0.2, -0.15) is 0 Å². The van der Waals surface area contributed by atoms with Crippen molar-refractivity contribution in [2.45, 2.75) is 26.2 Å². The summed E-state index contributed by atoms with van der Waals surface area (Å²) >= 11 is 6.67. The molecule has 1 fully saturated rings. The standard InChI is InChI=1S/C24H20N2O4S2/c1-2-3-5-16-8-10-18(11-9-16)25-23(27)22(32-24(25)31)15-20-12-13-21(30-20)17-6-4-7-19(14-17)26(28)29/h4,6-15H,2-3,5H2,1H3/b22-15+. The Bertz CT molecular complexity index is 1210. The van der Waals surface area contributed by atoms with Crippen LogP contribution in [-0.2, 0) is 11.2 Å². The van der Waals surface area contributed by atoms with Crippen molar-refractivity contribution < 1.29 is 14.1 Å². The summed E-state index contributed by atoms with van der Waals surface area (Å²) in [5.41, 5.74) is 2.56. The van der Waals surface area contributed by atoms with Gasteiger partial charge in [0.05, 0.1) is 15.5 Å². The Morgan fingerprint density at radius 2 is 1.94 bits per heavy atom. The molecule has 0 spiro atoms. The van der Waals surface area contributed by atoms with Crippen molar-refractivity contribution in [3.05, 3.63) is 87.0 Å². The minimum Gasteiger partial charge on any atom is -0.457 e. The molecule has 2 heterocycles. The first-order valence-corrected chi connectivity index (χ1v) is 11.4. The van der Waals surface area contributed by atoms with Crippen molar-refractivity contribution in [2.75, 3.05) is 4.90 Å². The molecule has 6 nitrogen and oxygen atoms in total. The number of thiocarbonyl (C=S) groups is 1. The van der Waals surface area contributed by atoms with Gasteiger partial charge >= 0.3 is 0 Å². The van der Waals surface area contributed by atoms with Gasteiger partial charge in [-0.05, 0) is 42.7 Å². The van der Waals surface area contributed by atoms with Gasteiger partial charge in [-0.3, -0.25) is 19.8 Å². The number of carbonyl (C=O) groups is 1. The van der Waals surface area contributed by atoms with E-state index < -0.39 is 4.92 Å². The van der Waals surface area contributed by atoms with Crippen molar-refractivity contribution in [1.29, 1.82) is 0 Å². The van der Waals surface area contributed by atoms with E-state index in [9.17, 15) is 14.9 Å². The van der Waals surface area contributed by atoms with Crippen LogP contribution in [0.15, 0.2) is 70.0 Å². The molecule has 8 heteroatoms. The number of furan rings is 1. The Morgan fingerprint density at radius 1 is 1.16 bits per heavy atom. The number of hydrogen-bond acceptors (Lipinski definition) is 6. The van der Waals surface area contributed by atoms with Crippen LogP contribution >= 0.6 is 24.0 Å². The van der Waals surface area contributed by atoms with Crippen LogP contribution in [0.2, 0.25) is 0 Å². The van der Waals surface area contributed by atoms with E-state index in [0.29, 0.717) is 26.3 Å². The predicted molar refractivity (Wildman–Crippen MR) is 132 cm³/mol. The van der Waals surface area contributed by atoms with E-state index in [4.69, 9.17) is 16.6 Å². The molecule has 1 amide bonds. The molecule has 3 aromatic rings. The van der Waals surface area contributed by atoms with E-state index in [0.717, 1.165) is 24.9 Å². The van der Waals surface area contributed by atoms with E-state index in [2.05, 4.69) is 6.92 Å². The molecule has 1 aliphatic heterocycles. The molecule has 1 aromatic heterocycles. The number of hydrogen-bond donors (Lipinski definition) is 0. The molecule has 2 aromatic carbocycles. The number of unbranched alkanes of at least 4 members (excludes halogenated alkanes) is 1. The Kier molecular flexibility index (Phi) is 6.53. The maximum Gasteiger partial charge on any atom is 0.270 e. The van der Waals surface area contributed by atoms with Crippen molar-refractivity contribution in [1.82, 2.24) is 0 Å². The van der Waals surface area contributed by atoms with E-state index in [1.165, 1.54) is 34.4 Å². The van der Waals surface area contributed by atoms with Crippen LogP contribution in [0, 0.1) is 10.1 Å². The summed E-state index contributed by atoms with van der Waals surface area (Å²) in [5, 5.41) is 11.0. The predicted octanol–water partition coefficient (Wildman–Crippen LogP) is 6.60. The molecular weight excluding hydrogens is 444 g/mol. The third-order valence-corrected chi connectivity index (χ3v) is 6.35. The average Bonchev–Trinajstić information content (AvgIpc) is 3.37. The number of rotatable bonds is 7. The average molecular weight is 465 g/mol. The van der Waals surface area contributed by atoms with E-state index in [1.807, 2.05) is 24.3 Å². The fourth-order valence-electron chi connectivity index (χ4n) is 3.37. The second kappa shape index (κ2) is 9.50. The fraction of sp³-hybridized carbons (Fsp3) is 0.167. The minimum atomic E-state index is -0.449. The molecule has 32 heavy (non-hydrogen) atoms. The highest BCUT2D eigenvalue weighted by molar-refractivity contribution is 8.27. The number of nitrogens with zero attached hydrogens (tertiary/aromatic N) is 2. The first kappa shape index (κ1) is 22.0. The molecule has 0 unspecified atom stereocenters. The highest BCUT2D eigenvalue weighted by Crippen LogP contribution is 2.37. The number of non-ortho nitro benzene ring substituents is 1. The van der Waals surface area contributed by atoms with Crippen LogP contribution in [0.5, 0.6) is 0 Å². The fourth-order valence-corrected chi connectivity index (χ4v) is 4.65. The summed E-state index contributed by atoms with van der Waals surface area (Å²) in [4.78, 5) is 25.6. The van der Waals surface area contributed by atoms with Gasteiger partial charge < -0.3 is 4.42 Å². The summed E-state index contributed by atoms with van der Waals surface area (Å²) in [6, 6.07) is 17.6. The zero-order chi connectivity index (χ0) is 22.7. The number of benzene rings is 2. The minimum absolute atomic E-state index is 0.0120. The maximum atomic E-state index is 13.0. The molecule has 0 bridgehead atoms. The Balaban J connectivity index is 1.53. The highest BCUT2D eigenvalue weighted by Gasteiger charge is 2.33. The van der Waals surface area contributed by atoms with Crippen LogP contribution < -0.4 is 4.90 Å². The van der Waals surface area contributed by atoms with Gasteiger partial charge in [0.15, 0.2) is 4.32 Å². The van der Waals surface area contributed by atoms with Gasteiger partial charge in [0.1, 0.15) is 11.5 Å². The first-order chi connectivity index (χ1) is 15.5. The van der Waals surface area contributed by atoms with Crippen molar-refractivity contribution in [3.8, 4) is 11.3 Å². The van der Waals surface area contributed by atoms with Crippen LogP contribution in [0.4, 0.5) is 11.4 Å². The first-order valence-electron chi connectivity index (χ1n) is 10.2. The number of aryl methyl sites for hydroxylation is 1. The number of anilines is 1. The molecule has 0 atom stereocenters. The maximum absolute atomic E-state index is 13.0. The molecule has 1 saturated heterocycles. The van der Waals surface area contributed by atoms with E-state index >= 15 is 0 Å². The lowest BCUT2D eigenvalue weighted by Crippen LogP contribution is -2.27. The summed E-state index contributed by atoms with van der Waals surface area (Å²) in [5.74, 6) is 0.759. The van der Waals surface area contributed by atoms with Crippen LogP contribution in [0.25, 0.3) is 17.4 Å². The van der Waals surface area contributed by atoms with Gasteiger partial charge in [0.25, 0.3) is 11.6 Å². The van der Waals surface area contributed by atoms with Gasteiger partial charge in [-0.15, -0.1) is 0 Å². The van der Waals surface area contributed by atoms with E-state index in [1.54, 1.807) is 30.3 Å². The molecule has 0 N–H and O–H groups in total. The third-order valence-electron chi connectivity index (χ3n) is 5.05. The summed E-state index contributed by atoms with van der Waals surface area (Å²) in [6.07, 6.45) is 4.93. The van der Waals surface area contributed by atoms with Crippen molar-refractivity contribution in [2.24, 2.45) is 0 Å². The normalized spacial score (nSPS) is 15.0. The summed E-state index contributed by atoms with van der Waals surface area (Å²) in [7, 11) is 0. The zero-order valence-electron chi connectivity index (χ0n) is 17.3. The number of nitro groups is 1. The molecule has 162 valence electrons. The molecular formula is C24H20N2O4S2. The van der Waals surface area contributed by atoms with Crippen molar-refractivity contribution >= 4 is 51.7 Å². The quantitative estimate of drug-likeness (QED) is 0.170. The lowest BCUT2D eigenvalue weighted by atomic mass is 10.1. The zero-order valence-corrected chi connectivity index (χ0v) is 18.9. The lowest BCUT2D eigenvalue weighted by molar-refractivity contribution is -0.384. The second-order valence-electron chi connectivity index (χ2n) is 7.30. The molecule has 0 saturated carbocycles. The number of amides is 1. The molecule has 0 radical (unpaired) electrons. The Hall–Kier alpha value is -3.23. The number of nitro benzene ring substituents is 1. The van der Waals surface area contributed by atoms with Gasteiger partial charge in [-0.25, -0.2) is 0 Å². The highest BCUT2D eigenvalue weighted by atomic mass is 32.2. The smallest absolute Gasteiger partial charge is 0.270 e. The SMILES string of the molecule is CCCCc1ccc(N2C(=O)/C(=C\c3ccc(-c4cccc([N+](=O)[O-])c4)o3)SC2=S)cc1. The third kappa shape index (κ3) is 4.66. The monoisotopic (exact) mass is 464 g/mol. The van der Waals surface area contributed by atoms with E-state index in [-0.39, 0.29) is 11.6 Å². The van der Waals surface area contributed by atoms with Crippen molar-refractivity contribution in [3.63, 3.8) is 0 Å². The Labute approximate surface area is 195 Å². The molecule has 0 aliphatic carbocycles. The van der Waals surface area contributed by atoms with Gasteiger partial charge in [-0.1, -0.05) is 61.6 Å². The Morgan fingerprint density at radius 3 is 2.66 bits per heavy atom. The van der Waals surface area contributed by atoms with Gasteiger partial charge in [0.2, 0.25) is 0 Å². The summed E-state index contributed by atoms with van der Waals surface area (Å²) < 4.78 is 6.28. The van der Waals surface area contributed by atoms with Gasteiger partial charge in [0, 0.05) is 23.8 Å². The van der Waals surface area contributed by atoms with Crippen LogP contribution in [-0.4, -0.2) is 15.2 Å². The molecule has 4 rings (SSSR count). The lowest BCUT2D eigenvalue weighted by Gasteiger charge is -2.15. The largest absolute Gasteiger partial charge is 0.457 e. The summed E-state index contributed by atoms with van der Waals surface area (Å²) in [6.45, 7) is 2.16. The number of carbonyl (C=O) groups excluding carboxylic acids is 1. The van der Waals surface area contributed by atoms with Crippen LogP contribution in [0.1, 0.15) is 31.1 Å². The number of thioether (sulfide) groups is 1. The van der Waals surface area contributed by atoms with Crippen LogP contribution in [0.3, 0.4) is 0 Å². The topological polar surface area (TPSA) is 76.6 Å². The second-order valence-corrected chi connectivity index (χ2v) is 8.97. The molecule has 1 aliphatic rings.